The van der Waals surface area contributed by atoms with Crippen LogP contribution in [0.1, 0.15) is 69.7 Å². The Morgan fingerprint density at radius 3 is 2.69 bits per heavy atom. The van der Waals surface area contributed by atoms with Crippen molar-refractivity contribution in [3.8, 4) is 0 Å². The molecule has 1 heterocycles. The van der Waals surface area contributed by atoms with Crippen LogP contribution in [0.3, 0.4) is 0 Å². The summed E-state index contributed by atoms with van der Waals surface area (Å²) in [4.78, 5) is 12.7. The Balaban J connectivity index is 1.28. The third-order valence-electron chi connectivity index (χ3n) is 10.1. The van der Waals surface area contributed by atoms with Gasteiger partial charge in [0.05, 0.1) is 17.8 Å². The third-order valence-corrected chi connectivity index (χ3v) is 10.6. The number of ether oxygens (including phenoxy) is 2. The van der Waals surface area contributed by atoms with Gasteiger partial charge in [-0.15, -0.1) is 0 Å². The Morgan fingerprint density at radius 1 is 1.19 bits per heavy atom. The molecule has 32 heavy (non-hydrogen) atoms. The minimum atomic E-state index is -0.413. The summed E-state index contributed by atoms with van der Waals surface area (Å²) >= 11 is 3.41. The van der Waals surface area contributed by atoms with E-state index < -0.39 is 6.10 Å². The summed E-state index contributed by atoms with van der Waals surface area (Å²) in [6.07, 6.45) is 10.4. The van der Waals surface area contributed by atoms with Gasteiger partial charge < -0.3 is 14.6 Å². The minimum absolute atomic E-state index is 0.0770. The molecule has 6 rings (SSSR count). The van der Waals surface area contributed by atoms with Crippen LogP contribution in [0.15, 0.2) is 40.9 Å². The first-order valence-corrected chi connectivity index (χ1v) is 12.9. The lowest BCUT2D eigenvalue weighted by Gasteiger charge is -2.64. The third kappa shape index (κ3) is 2.54. The molecule has 1 unspecified atom stereocenters. The average molecular weight is 501 g/mol. The highest BCUT2D eigenvalue weighted by molar-refractivity contribution is 9.10. The molecule has 7 atom stereocenters. The number of hydrogen-bond acceptors (Lipinski definition) is 4. The molecule has 1 saturated heterocycles. The van der Waals surface area contributed by atoms with E-state index in [1.807, 2.05) is 12.1 Å². The number of aliphatic hydroxyl groups excluding tert-OH is 1. The molecule has 5 aliphatic rings. The van der Waals surface area contributed by atoms with Gasteiger partial charge in [-0.1, -0.05) is 55.3 Å². The summed E-state index contributed by atoms with van der Waals surface area (Å²) < 4.78 is 13.5. The number of halogens is 1. The lowest BCUT2D eigenvalue weighted by atomic mass is 9.39. The Labute approximate surface area is 198 Å². The molecule has 4 nitrogen and oxygen atoms in total. The second kappa shape index (κ2) is 6.49. The van der Waals surface area contributed by atoms with E-state index in [-0.39, 0.29) is 39.3 Å². The second-order valence-electron chi connectivity index (χ2n) is 12.1. The zero-order chi connectivity index (χ0) is 22.6. The Kier molecular flexibility index (Phi) is 4.33. The fraction of sp³-hybridized carbons (Fsp3) is 0.667. The molecule has 172 valence electrons. The standard InChI is InChI=1S/C27H33BrO4/c1-23(2)9-4-10-24(3)19(23)13-20(29)26-12-11-25(15-26,14-21-27(24,26)32-21)16-31-22(30)17-5-7-18(28)8-6-17/h5-8,11-12,19-21,29H,4,9-10,13-16H2,1-3H3/t19-,20+,21+,24-,25+,26?,27-/m1/s1. The number of benzene rings is 1. The van der Waals surface area contributed by atoms with Gasteiger partial charge in [0, 0.05) is 20.7 Å². The van der Waals surface area contributed by atoms with Crippen LogP contribution in [0.25, 0.3) is 0 Å². The molecule has 5 heteroatoms. The van der Waals surface area contributed by atoms with E-state index in [0.717, 1.165) is 23.7 Å². The zero-order valence-corrected chi connectivity index (χ0v) is 20.8. The maximum atomic E-state index is 12.7. The van der Waals surface area contributed by atoms with Crippen LogP contribution >= 0.6 is 15.9 Å². The monoisotopic (exact) mass is 500 g/mol. The SMILES string of the molecule is CC1(C)CCC[C@]2(C)[C@@H]1C[C@H](O)C13C=C[C@](COC(=O)c4ccc(Br)cc4)(C[C@@H]4O[C@@]412)C3. The Hall–Kier alpha value is -1.17. The largest absolute Gasteiger partial charge is 0.461 e. The van der Waals surface area contributed by atoms with Crippen LogP contribution in [0, 0.1) is 27.6 Å². The zero-order valence-electron chi connectivity index (χ0n) is 19.2. The van der Waals surface area contributed by atoms with Crippen molar-refractivity contribution < 1.29 is 19.4 Å². The first-order chi connectivity index (χ1) is 15.1. The van der Waals surface area contributed by atoms with Crippen molar-refractivity contribution in [2.75, 3.05) is 6.61 Å². The summed E-state index contributed by atoms with van der Waals surface area (Å²) in [5.41, 5.74) is -0.0213. The van der Waals surface area contributed by atoms with E-state index in [0.29, 0.717) is 18.1 Å². The van der Waals surface area contributed by atoms with Gasteiger partial charge in [-0.25, -0.2) is 4.79 Å². The topological polar surface area (TPSA) is 59.1 Å². The van der Waals surface area contributed by atoms with Crippen molar-refractivity contribution in [2.45, 2.75) is 77.1 Å². The molecular formula is C27H33BrO4. The van der Waals surface area contributed by atoms with Crippen LogP contribution in [-0.2, 0) is 9.47 Å². The molecular weight excluding hydrogens is 468 g/mol. The van der Waals surface area contributed by atoms with E-state index in [9.17, 15) is 9.90 Å². The highest BCUT2D eigenvalue weighted by Crippen LogP contribution is 2.80. The highest BCUT2D eigenvalue weighted by atomic mass is 79.9. The van der Waals surface area contributed by atoms with Gasteiger partial charge in [-0.3, -0.25) is 0 Å². The number of carbonyl (C=O) groups excluding carboxylic acids is 1. The van der Waals surface area contributed by atoms with Gasteiger partial charge in [0.2, 0.25) is 0 Å². The van der Waals surface area contributed by atoms with E-state index in [1.54, 1.807) is 12.1 Å². The average Bonchev–Trinajstić information content (AvgIpc) is 3.39. The number of esters is 1. The van der Waals surface area contributed by atoms with Crippen molar-refractivity contribution in [3.63, 3.8) is 0 Å². The van der Waals surface area contributed by atoms with Gasteiger partial charge in [0.15, 0.2) is 0 Å². The first kappa shape index (κ1) is 21.4. The summed E-state index contributed by atoms with van der Waals surface area (Å²) in [5.74, 6) is 0.172. The van der Waals surface area contributed by atoms with Crippen LogP contribution in [0.5, 0.6) is 0 Å². The van der Waals surface area contributed by atoms with Gasteiger partial charge in [-0.2, -0.15) is 0 Å². The van der Waals surface area contributed by atoms with E-state index >= 15 is 0 Å². The molecule has 2 spiro atoms. The predicted molar refractivity (Wildman–Crippen MR) is 125 cm³/mol. The normalized spacial score (nSPS) is 47.2. The molecule has 4 fully saturated rings. The highest BCUT2D eigenvalue weighted by Gasteiger charge is 2.85. The summed E-state index contributed by atoms with van der Waals surface area (Å²) in [6, 6.07) is 7.27. The second-order valence-corrected chi connectivity index (χ2v) is 13.0. The number of epoxide rings is 1. The molecule has 3 saturated carbocycles. The summed E-state index contributed by atoms with van der Waals surface area (Å²) in [6.45, 7) is 7.55. The van der Waals surface area contributed by atoms with Gasteiger partial charge in [0.25, 0.3) is 0 Å². The predicted octanol–water partition coefficient (Wildman–Crippen LogP) is 5.68. The van der Waals surface area contributed by atoms with E-state index in [2.05, 4.69) is 48.9 Å². The smallest absolute Gasteiger partial charge is 0.338 e. The Bertz CT molecular complexity index is 1000. The van der Waals surface area contributed by atoms with Gasteiger partial charge >= 0.3 is 5.97 Å². The lowest BCUT2D eigenvalue weighted by Crippen LogP contribution is -2.68. The molecule has 1 N–H and O–H groups in total. The lowest BCUT2D eigenvalue weighted by molar-refractivity contribution is -0.191. The Morgan fingerprint density at radius 2 is 1.94 bits per heavy atom. The molecule has 1 aromatic carbocycles. The number of fused-ring (bicyclic) bond motifs is 2. The van der Waals surface area contributed by atoms with Crippen LogP contribution in [-0.4, -0.2) is 35.5 Å². The molecule has 0 radical (unpaired) electrons. The molecule has 1 aromatic rings. The minimum Gasteiger partial charge on any atom is -0.461 e. The van der Waals surface area contributed by atoms with E-state index in [1.165, 1.54) is 19.3 Å². The molecule has 2 bridgehead atoms. The van der Waals surface area contributed by atoms with Gasteiger partial charge in [0.1, 0.15) is 12.2 Å². The number of rotatable bonds is 3. The fourth-order valence-corrected chi connectivity index (χ4v) is 8.97. The quantitative estimate of drug-likeness (QED) is 0.329. The summed E-state index contributed by atoms with van der Waals surface area (Å²) in [5, 5.41) is 11.6. The van der Waals surface area contributed by atoms with E-state index in [4.69, 9.17) is 9.47 Å². The molecule has 0 amide bonds. The van der Waals surface area contributed by atoms with Crippen molar-refractivity contribution in [1.82, 2.24) is 0 Å². The van der Waals surface area contributed by atoms with Crippen molar-refractivity contribution >= 4 is 21.9 Å². The first-order valence-electron chi connectivity index (χ1n) is 12.1. The van der Waals surface area contributed by atoms with Crippen LogP contribution in [0.2, 0.25) is 0 Å². The number of carbonyl (C=O) groups is 1. The molecule has 0 aromatic heterocycles. The summed E-state index contributed by atoms with van der Waals surface area (Å²) in [7, 11) is 0. The van der Waals surface area contributed by atoms with Crippen LogP contribution < -0.4 is 0 Å². The van der Waals surface area contributed by atoms with Gasteiger partial charge in [-0.05, 0) is 67.7 Å². The van der Waals surface area contributed by atoms with Crippen molar-refractivity contribution in [3.05, 3.63) is 46.5 Å². The number of hydrogen-bond donors (Lipinski definition) is 1. The van der Waals surface area contributed by atoms with Crippen molar-refractivity contribution in [1.29, 1.82) is 0 Å². The maximum Gasteiger partial charge on any atom is 0.338 e. The van der Waals surface area contributed by atoms with Crippen LogP contribution in [0.4, 0.5) is 0 Å². The van der Waals surface area contributed by atoms with Crippen molar-refractivity contribution in [2.24, 2.45) is 27.6 Å². The molecule has 1 aliphatic heterocycles. The maximum absolute atomic E-state index is 12.7. The number of aliphatic hydroxyl groups is 1. The molecule has 4 aliphatic carbocycles. The fourth-order valence-electron chi connectivity index (χ4n) is 8.70.